The average Bonchev–Trinajstić information content (AvgIpc) is 3.26. The van der Waals surface area contributed by atoms with Gasteiger partial charge in [-0.15, -0.1) is 11.3 Å². The number of hydrogen-bond donors (Lipinski definition) is 1. The Morgan fingerprint density at radius 2 is 1.77 bits per heavy atom. The molecule has 1 aromatic heterocycles. The van der Waals surface area contributed by atoms with Gasteiger partial charge in [0, 0.05) is 9.90 Å². The Morgan fingerprint density at radius 1 is 1.06 bits per heavy atom. The van der Waals surface area contributed by atoms with Crippen LogP contribution in [0.2, 0.25) is 5.02 Å². The number of carboxylic acids is 1. The number of carbonyl (C=O) groups is 1. The Kier molecular flexibility index (Phi) is 4.76. The zero-order valence-corrected chi connectivity index (χ0v) is 18.6. The number of thiophene rings is 1. The maximum atomic E-state index is 13.6. The molecule has 2 heterocycles. The number of carboxylic acid groups (broad SMARTS) is 1. The smallest absolute Gasteiger partial charge is 0.326 e. The SMILES string of the molecule is O=C(O)[C@@]12C[C@@]1(c1ccccc1)COCN2S(=O)(=O)c1ccc(-c2ccc(Cl)cc2)s1. The second-order valence-corrected chi connectivity index (χ2v) is 11.4. The first-order valence-corrected chi connectivity index (χ1v) is 12.2. The van der Waals surface area contributed by atoms with Gasteiger partial charge in [-0.1, -0.05) is 54.1 Å². The number of ether oxygens (including phenoxy) is 1. The minimum absolute atomic E-state index is 0.0810. The summed E-state index contributed by atoms with van der Waals surface area (Å²) in [7, 11) is -4.09. The molecule has 3 aromatic rings. The molecule has 160 valence electrons. The van der Waals surface area contributed by atoms with Crippen molar-refractivity contribution in [3.63, 3.8) is 0 Å². The molecule has 6 nitrogen and oxygen atoms in total. The average molecular weight is 476 g/mol. The molecule has 0 unspecified atom stereocenters. The van der Waals surface area contributed by atoms with Crippen molar-refractivity contribution in [3.8, 4) is 10.4 Å². The fourth-order valence-electron chi connectivity index (χ4n) is 4.48. The number of halogens is 1. The summed E-state index contributed by atoms with van der Waals surface area (Å²) in [5, 5.41) is 10.8. The van der Waals surface area contributed by atoms with Crippen LogP contribution >= 0.6 is 22.9 Å². The Morgan fingerprint density at radius 3 is 2.45 bits per heavy atom. The summed E-state index contributed by atoms with van der Waals surface area (Å²) in [4.78, 5) is 13.2. The molecule has 1 saturated heterocycles. The minimum atomic E-state index is -4.09. The number of fused-ring (bicyclic) bond motifs is 1. The van der Waals surface area contributed by atoms with Crippen molar-refractivity contribution in [1.82, 2.24) is 4.31 Å². The number of rotatable bonds is 5. The summed E-state index contributed by atoms with van der Waals surface area (Å²) in [5.41, 5.74) is -0.855. The lowest BCUT2D eigenvalue weighted by atomic mass is 9.90. The minimum Gasteiger partial charge on any atom is -0.480 e. The van der Waals surface area contributed by atoms with Crippen LogP contribution in [0.3, 0.4) is 0 Å². The van der Waals surface area contributed by atoms with E-state index in [0.717, 1.165) is 31.6 Å². The lowest BCUT2D eigenvalue weighted by Crippen LogP contribution is -2.56. The highest BCUT2D eigenvalue weighted by atomic mass is 35.5. The molecule has 1 saturated carbocycles. The number of nitrogens with zero attached hydrogens (tertiary/aromatic N) is 1. The topological polar surface area (TPSA) is 83.9 Å². The Balaban J connectivity index is 1.55. The van der Waals surface area contributed by atoms with Crippen molar-refractivity contribution in [2.75, 3.05) is 13.3 Å². The molecule has 2 aliphatic rings. The van der Waals surface area contributed by atoms with Crippen molar-refractivity contribution in [2.24, 2.45) is 0 Å². The predicted molar refractivity (Wildman–Crippen MR) is 118 cm³/mol. The van der Waals surface area contributed by atoms with Gasteiger partial charge in [-0.2, -0.15) is 4.31 Å². The molecule has 9 heteroatoms. The molecule has 2 aromatic carbocycles. The molecule has 0 radical (unpaired) electrons. The van der Waals surface area contributed by atoms with E-state index in [9.17, 15) is 18.3 Å². The molecule has 0 spiro atoms. The molecule has 0 bridgehead atoms. The monoisotopic (exact) mass is 475 g/mol. The van der Waals surface area contributed by atoms with E-state index >= 15 is 0 Å². The van der Waals surface area contributed by atoms with Gasteiger partial charge < -0.3 is 9.84 Å². The van der Waals surface area contributed by atoms with Crippen LogP contribution in [-0.2, 0) is 25.0 Å². The fourth-order valence-corrected chi connectivity index (χ4v) is 7.71. The first-order chi connectivity index (χ1) is 14.8. The van der Waals surface area contributed by atoms with E-state index in [1.54, 1.807) is 18.2 Å². The third kappa shape index (κ3) is 2.97. The van der Waals surface area contributed by atoms with Gasteiger partial charge in [0.15, 0.2) is 0 Å². The van der Waals surface area contributed by atoms with Gasteiger partial charge in [0.1, 0.15) is 16.5 Å². The fraction of sp³-hybridized carbons (Fsp3) is 0.227. The van der Waals surface area contributed by atoms with E-state index in [-0.39, 0.29) is 24.0 Å². The number of hydrogen-bond acceptors (Lipinski definition) is 5. The molecule has 2 atom stereocenters. The number of benzene rings is 2. The van der Waals surface area contributed by atoms with Crippen molar-refractivity contribution in [3.05, 3.63) is 77.3 Å². The third-order valence-electron chi connectivity index (χ3n) is 6.14. The molecule has 1 aliphatic carbocycles. The molecule has 2 fully saturated rings. The van der Waals surface area contributed by atoms with Gasteiger partial charge in [-0.05, 0) is 41.8 Å². The van der Waals surface area contributed by atoms with Crippen LogP contribution in [-0.4, -0.2) is 42.7 Å². The first-order valence-electron chi connectivity index (χ1n) is 9.57. The maximum absolute atomic E-state index is 13.6. The summed E-state index contributed by atoms with van der Waals surface area (Å²) in [6, 6.07) is 19.5. The zero-order valence-electron chi connectivity index (χ0n) is 16.2. The largest absolute Gasteiger partial charge is 0.480 e. The summed E-state index contributed by atoms with van der Waals surface area (Å²) in [6.07, 6.45) is 0.175. The predicted octanol–water partition coefficient (Wildman–Crippen LogP) is 4.21. The second kappa shape index (κ2) is 7.15. The van der Waals surface area contributed by atoms with Gasteiger partial charge in [0.25, 0.3) is 10.0 Å². The molecular formula is C22H18ClNO5S2. The van der Waals surface area contributed by atoms with E-state index in [1.165, 1.54) is 6.07 Å². The lowest BCUT2D eigenvalue weighted by molar-refractivity contribution is -0.149. The standard InChI is InChI=1S/C22H18ClNO5S2/c23-17-8-6-15(7-9-17)18-10-11-19(30-18)31(27,28)24-14-29-13-21(12-22(21,24)20(25)26)16-4-2-1-3-5-16/h1-11H,12-14H2,(H,25,26)/t21-,22-/m0/s1. The molecule has 0 amide bonds. The van der Waals surface area contributed by atoms with Crippen molar-refractivity contribution in [1.29, 1.82) is 0 Å². The summed E-state index contributed by atoms with van der Waals surface area (Å²) < 4.78 is 33.9. The Labute approximate surface area is 188 Å². The zero-order chi connectivity index (χ0) is 21.9. The molecule has 1 aliphatic heterocycles. The summed E-state index contributed by atoms with van der Waals surface area (Å²) >= 11 is 7.04. The molecule has 31 heavy (non-hydrogen) atoms. The highest BCUT2D eigenvalue weighted by molar-refractivity contribution is 7.91. The first kappa shape index (κ1) is 20.7. The van der Waals surface area contributed by atoms with Crippen molar-refractivity contribution >= 4 is 38.9 Å². The van der Waals surface area contributed by atoms with Crippen LogP contribution < -0.4 is 0 Å². The van der Waals surface area contributed by atoms with Gasteiger partial charge >= 0.3 is 5.97 Å². The summed E-state index contributed by atoms with van der Waals surface area (Å²) in [6.45, 7) is -0.132. The summed E-state index contributed by atoms with van der Waals surface area (Å²) in [5.74, 6) is -1.15. The highest BCUT2D eigenvalue weighted by Crippen LogP contribution is 2.64. The van der Waals surface area contributed by atoms with E-state index in [2.05, 4.69) is 0 Å². The third-order valence-corrected chi connectivity index (χ3v) is 9.85. The number of aliphatic carboxylic acids is 1. The van der Waals surface area contributed by atoms with Crippen molar-refractivity contribution in [2.45, 2.75) is 21.6 Å². The highest BCUT2D eigenvalue weighted by Gasteiger charge is 2.80. The van der Waals surface area contributed by atoms with Crippen molar-refractivity contribution < 1.29 is 23.1 Å². The van der Waals surface area contributed by atoms with Crippen LogP contribution in [0, 0.1) is 0 Å². The Bertz CT molecular complexity index is 1260. The van der Waals surface area contributed by atoms with Gasteiger partial charge in [0.05, 0.1) is 12.0 Å². The van der Waals surface area contributed by atoms with E-state index in [4.69, 9.17) is 16.3 Å². The van der Waals surface area contributed by atoms with E-state index in [0.29, 0.717) is 5.02 Å². The van der Waals surface area contributed by atoms with E-state index < -0.39 is 26.9 Å². The van der Waals surface area contributed by atoms with Gasteiger partial charge in [-0.25, -0.2) is 8.42 Å². The molecule has 1 N–H and O–H groups in total. The maximum Gasteiger partial charge on any atom is 0.326 e. The number of sulfonamides is 1. The Hall–Kier alpha value is -2.23. The molecule has 5 rings (SSSR count). The second-order valence-electron chi connectivity index (χ2n) is 7.75. The quantitative estimate of drug-likeness (QED) is 0.597. The van der Waals surface area contributed by atoms with Crippen LogP contribution in [0.1, 0.15) is 12.0 Å². The van der Waals surface area contributed by atoms with Gasteiger partial charge in [-0.3, -0.25) is 4.79 Å². The normalized spacial score (nSPS) is 25.7. The van der Waals surface area contributed by atoms with Crippen LogP contribution in [0.4, 0.5) is 0 Å². The van der Waals surface area contributed by atoms with Crippen LogP contribution in [0.5, 0.6) is 0 Å². The lowest BCUT2D eigenvalue weighted by Gasteiger charge is -2.36. The van der Waals surface area contributed by atoms with E-state index in [1.807, 2.05) is 42.5 Å². The molecular weight excluding hydrogens is 458 g/mol. The van der Waals surface area contributed by atoms with Crippen LogP contribution in [0.25, 0.3) is 10.4 Å². The van der Waals surface area contributed by atoms with Crippen LogP contribution in [0.15, 0.2) is 70.9 Å². The van der Waals surface area contributed by atoms with Gasteiger partial charge in [0.2, 0.25) is 0 Å².